The number of hydrogen-bond donors (Lipinski definition) is 0. The summed E-state index contributed by atoms with van der Waals surface area (Å²) >= 11 is 1.84. The van der Waals surface area contributed by atoms with Crippen molar-refractivity contribution in [2.45, 2.75) is 29.4 Å². The Morgan fingerprint density at radius 3 is 1.56 bits per heavy atom. The molecule has 1 heterocycles. The molecule has 5 nitrogen and oxygen atoms in total. The van der Waals surface area contributed by atoms with E-state index in [1.807, 2.05) is 60.3 Å². The molecule has 2 atom stereocenters. The molecule has 3 rings (SSSR count). The van der Waals surface area contributed by atoms with Crippen LogP contribution in [-0.2, 0) is 14.3 Å². The Kier molecular flexibility index (Phi) is 6.34. The van der Waals surface area contributed by atoms with Crippen LogP contribution in [0.3, 0.4) is 0 Å². The summed E-state index contributed by atoms with van der Waals surface area (Å²) in [6, 6.07) is 15.8. The molecule has 0 aliphatic carbocycles. The van der Waals surface area contributed by atoms with Gasteiger partial charge < -0.3 is 9.47 Å². The van der Waals surface area contributed by atoms with E-state index in [0.717, 1.165) is 28.9 Å². The highest BCUT2D eigenvalue weighted by molar-refractivity contribution is 7.99. The lowest BCUT2D eigenvalue weighted by atomic mass is 9.99. The Balaban J connectivity index is 1.85. The number of methoxy groups -OCH3 is 2. The first-order chi connectivity index (χ1) is 12.9. The summed E-state index contributed by atoms with van der Waals surface area (Å²) in [5.41, 5.74) is 2.28. The molecule has 0 amide bonds. The molecular formula is C20H24O5S2. The summed E-state index contributed by atoms with van der Waals surface area (Å²) in [6.07, 6.45) is 2.06. The largest absolute Gasteiger partial charge is 0.497 e. The van der Waals surface area contributed by atoms with Crippen molar-refractivity contribution < 1.29 is 22.1 Å². The maximum Gasteiger partial charge on any atom is 0.264 e. The zero-order valence-electron chi connectivity index (χ0n) is 15.6. The summed E-state index contributed by atoms with van der Waals surface area (Å²) in [5.74, 6) is 1.60. The second-order valence-corrected chi connectivity index (χ2v) is 9.56. The maximum atomic E-state index is 11.7. The Bertz CT molecular complexity index is 791. The number of hydrogen-bond acceptors (Lipinski definition) is 6. The van der Waals surface area contributed by atoms with Crippen LogP contribution in [0.5, 0.6) is 11.5 Å². The van der Waals surface area contributed by atoms with E-state index in [1.54, 1.807) is 14.2 Å². The van der Waals surface area contributed by atoms with E-state index in [1.165, 1.54) is 0 Å². The predicted molar refractivity (Wildman–Crippen MR) is 108 cm³/mol. The van der Waals surface area contributed by atoms with Crippen molar-refractivity contribution in [1.29, 1.82) is 0 Å². The van der Waals surface area contributed by atoms with E-state index in [0.29, 0.717) is 12.8 Å². The number of thioether (sulfide) groups is 1. The minimum Gasteiger partial charge on any atom is -0.497 e. The molecular weight excluding hydrogens is 384 g/mol. The first-order valence-electron chi connectivity index (χ1n) is 8.69. The second-order valence-electron chi connectivity index (χ2n) is 6.55. The summed E-state index contributed by atoms with van der Waals surface area (Å²) in [6.45, 7) is 0. The summed E-state index contributed by atoms with van der Waals surface area (Å²) in [7, 11) is -0.228. The molecule has 1 fully saturated rings. The monoisotopic (exact) mass is 408 g/mol. The third kappa shape index (κ3) is 5.40. The average molecular weight is 409 g/mol. The third-order valence-electron chi connectivity index (χ3n) is 4.57. The molecule has 0 aromatic heterocycles. The van der Waals surface area contributed by atoms with Gasteiger partial charge in [-0.2, -0.15) is 8.42 Å². The zero-order valence-corrected chi connectivity index (χ0v) is 17.3. The quantitative estimate of drug-likeness (QED) is 0.662. The fourth-order valence-electron chi connectivity index (χ4n) is 3.28. The lowest BCUT2D eigenvalue weighted by Crippen LogP contribution is -2.26. The van der Waals surface area contributed by atoms with Gasteiger partial charge in [0.05, 0.1) is 26.6 Å². The fourth-order valence-corrected chi connectivity index (χ4v) is 5.60. The van der Waals surface area contributed by atoms with Crippen molar-refractivity contribution in [3.05, 3.63) is 59.7 Å². The molecule has 0 bridgehead atoms. The van der Waals surface area contributed by atoms with Gasteiger partial charge in [0.15, 0.2) is 0 Å². The highest BCUT2D eigenvalue weighted by Gasteiger charge is 2.33. The van der Waals surface area contributed by atoms with Gasteiger partial charge >= 0.3 is 0 Å². The molecule has 7 heteroatoms. The molecule has 1 aliphatic rings. The van der Waals surface area contributed by atoms with E-state index in [2.05, 4.69) is 0 Å². The molecule has 0 radical (unpaired) electrons. The van der Waals surface area contributed by atoms with Gasteiger partial charge in [-0.1, -0.05) is 24.3 Å². The molecule has 2 unspecified atom stereocenters. The third-order valence-corrected chi connectivity index (χ3v) is 6.78. The van der Waals surface area contributed by atoms with E-state index < -0.39 is 10.1 Å². The summed E-state index contributed by atoms with van der Waals surface area (Å²) in [5, 5.41) is 0.284. The van der Waals surface area contributed by atoms with E-state index in [9.17, 15) is 8.42 Å². The van der Waals surface area contributed by atoms with Gasteiger partial charge in [0.1, 0.15) is 11.5 Å². The van der Waals surface area contributed by atoms with E-state index >= 15 is 0 Å². The predicted octanol–water partition coefficient (Wildman–Crippen LogP) is 4.36. The number of ether oxygens (including phenoxy) is 2. The number of rotatable bonds is 6. The molecule has 1 saturated heterocycles. The van der Waals surface area contributed by atoms with Gasteiger partial charge in [-0.3, -0.25) is 4.18 Å². The molecule has 27 heavy (non-hydrogen) atoms. The summed E-state index contributed by atoms with van der Waals surface area (Å²) < 4.78 is 39.2. The van der Waals surface area contributed by atoms with Crippen LogP contribution < -0.4 is 9.47 Å². The van der Waals surface area contributed by atoms with Gasteiger partial charge in [0.2, 0.25) is 0 Å². The first-order valence-corrected chi connectivity index (χ1v) is 11.5. The molecule has 1 aliphatic heterocycles. The topological polar surface area (TPSA) is 61.8 Å². The van der Waals surface area contributed by atoms with Crippen molar-refractivity contribution in [2.24, 2.45) is 0 Å². The molecule has 2 aromatic rings. The van der Waals surface area contributed by atoms with Crippen molar-refractivity contribution >= 4 is 21.9 Å². The first kappa shape index (κ1) is 20.0. The normalized spacial score (nSPS) is 23.0. The summed E-state index contributed by atoms with van der Waals surface area (Å²) in [4.78, 5) is 0. The molecule has 2 aromatic carbocycles. The minimum absolute atomic E-state index is 0.142. The zero-order chi connectivity index (χ0) is 19.4. The molecule has 0 saturated carbocycles. The van der Waals surface area contributed by atoms with Crippen LogP contribution >= 0.6 is 11.8 Å². The Morgan fingerprint density at radius 2 is 1.22 bits per heavy atom. The van der Waals surface area contributed by atoms with Crippen LogP contribution in [0.25, 0.3) is 0 Å². The van der Waals surface area contributed by atoms with Gasteiger partial charge in [-0.25, -0.2) is 0 Å². The maximum absolute atomic E-state index is 11.7. The second kappa shape index (κ2) is 8.54. The average Bonchev–Trinajstić information content (AvgIpc) is 2.66. The smallest absolute Gasteiger partial charge is 0.264 e. The molecule has 0 N–H and O–H groups in total. The van der Waals surface area contributed by atoms with Crippen LogP contribution in [0, 0.1) is 0 Å². The number of benzene rings is 2. The van der Waals surface area contributed by atoms with E-state index in [4.69, 9.17) is 13.7 Å². The van der Waals surface area contributed by atoms with Crippen molar-refractivity contribution in [3.63, 3.8) is 0 Å². The van der Waals surface area contributed by atoms with Crippen molar-refractivity contribution in [2.75, 3.05) is 20.5 Å². The standard InChI is InChI=1S/C20H24O5S2/c1-23-16-8-4-14(5-9-16)19-12-18(25-27(3,21)22)13-20(26-19)15-6-10-17(24-2)11-7-15/h4-11,18-20H,12-13H2,1-3H3. The van der Waals surface area contributed by atoms with Gasteiger partial charge in [-0.15, -0.1) is 11.8 Å². The molecule has 146 valence electrons. The minimum atomic E-state index is -3.51. The van der Waals surface area contributed by atoms with Gasteiger partial charge in [-0.05, 0) is 48.2 Å². The Labute approximate surface area is 165 Å². The van der Waals surface area contributed by atoms with Crippen LogP contribution in [0.1, 0.15) is 34.5 Å². The highest BCUT2D eigenvalue weighted by atomic mass is 32.2. The van der Waals surface area contributed by atoms with Crippen LogP contribution in [-0.4, -0.2) is 35.0 Å². The van der Waals surface area contributed by atoms with Crippen LogP contribution in [0.4, 0.5) is 0 Å². The Hall–Kier alpha value is -1.70. The lowest BCUT2D eigenvalue weighted by Gasteiger charge is -2.34. The van der Waals surface area contributed by atoms with Crippen LogP contribution in [0.15, 0.2) is 48.5 Å². The van der Waals surface area contributed by atoms with Crippen molar-refractivity contribution in [1.82, 2.24) is 0 Å². The van der Waals surface area contributed by atoms with E-state index in [-0.39, 0.29) is 16.6 Å². The fraction of sp³-hybridized carbons (Fsp3) is 0.400. The van der Waals surface area contributed by atoms with Crippen molar-refractivity contribution in [3.8, 4) is 11.5 Å². The highest BCUT2D eigenvalue weighted by Crippen LogP contribution is 2.51. The van der Waals surface area contributed by atoms with Gasteiger partial charge in [0, 0.05) is 10.5 Å². The van der Waals surface area contributed by atoms with Gasteiger partial charge in [0.25, 0.3) is 10.1 Å². The molecule has 0 spiro atoms. The van der Waals surface area contributed by atoms with Crippen LogP contribution in [0.2, 0.25) is 0 Å². The Morgan fingerprint density at radius 1 is 0.815 bits per heavy atom. The SMILES string of the molecule is COc1ccc(C2CC(OS(C)(=O)=O)CC(c3ccc(OC)cc3)S2)cc1. The lowest BCUT2D eigenvalue weighted by molar-refractivity contribution is 0.183.